The summed E-state index contributed by atoms with van der Waals surface area (Å²) < 4.78 is 5.14. The van der Waals surface area contributed by atoms with E-state index in [0.717, 1.165) is 21.9 Å². The minimum absolute atomic E-state index is 0.114. The summed E-state index contributed by atoms with van der Waals surface area (Å²) in [5, 5.41) is 12.8. The maximum atomic E-state index is 12.1. The van der Waals surface area contributed by atoms with E-state index in [0.29, 0.717) is 23.0 Å². The maximum Gasteiger partial charge on any atom is 0.226 e. The molecule has 0 aliphatic carbocycles. The molecule has 0 aliphatic rings. The Morgan fingerprint density at radius 2 is 1.92 bits per heavy atom. The molecule has 0 saturated heterocycles. The van der Waals surface area contributed by atoms with Crippen molar-refractivity contribution in [1.82, 2.24) is 10.2 Å². The number of aromatic nitrogens is 2. The van der Waals surface area contributed by atoms with Gasteiger partial charge in [0.2, 0.25) is 11.0 Å². The van der Waals surface area contributed by atoms with Gasteiger partial charge in [0.25, 0.3) is 0 Å². The van der Waals surface area contributed by atoms with E-state index in [1.807, 2.05) is 48.5 Å². The number of methoxy groups -OCH3 is 1. The van der Waals surface area contributed by atoms with Crippen molar-refractivity contribution < 1.29 is 9.53 Å². The van der Waals surface area contributed by atoms with Gasteiger partial charge in [-0.2, -0.15) is 0 Å². The number of ether oxygens (including phenoxy) is 1. The number of anilines is 1. The summed E-state index contributed by atoms with van der Waals surface area (Å²) in [5.41, 5.74) is 1.88. The summed E-state index contributed by atoms with van der Waals surface area (Å²) in [6, 6.07) is 15.0. The molecule has 128 valence electrons. The average molecular weight is 374 g/mol. The standard InChI is InChI=1S/C18H16ClN3O2S/c1-24-14-9-6-13(7-10-14)17-21-22-18(25-17)20-16(23)11-8-12-4-2-3-5-15(12)19/h2-7,9-10H,8,11H2,1H3,(H,20,22,23). The number of carbonyl (C=O) groups is 1. The molecule has 7 heteroatoms. The van der Waals surface area contributed by atoms with E-state index in [1.165, 1.54) is 11.3 Å². The quantitative estimate of drug-likeness (QED) is 0.693. The summed E-state index contributed by atoms with van der Waals surface area (Å²) >= 11 is 7.43. The fourth-order valence-corrected chi connectivity index (χ4v) is 3.25. The minimum Gasteiger partial charge on any atom is -0.497 e. The number of hydrogen-bond acceptors (Lipinski definition) is 5. The number of aryl methyl sites for hydroxylation is 1. The lowest BCUT2D eigenvalue weighted by atomic mass is 10.1. The van der Waals surface area contributed by atoms with E-state index in [9.17, 15) is 4.79 Å². The number of nitrogens with zero attached hydrogens (tertiary/aromatic N) is 2. The van der Waals surface area contributed by atoms with Crippen LogP contribution in [0, 0.1) is 0 Å². The SMILES string of the molecule is COc1ccc(-c2nnc(NC(=O)CCc3ccccc3Cl)s2)cc1. The van der Waals surface area contributed by atoms with Crippen molar-refractivity contribution in [3.63, 3.8) is 0 Å². The largest absolute Gasteiger partial charge is 0.497 e. The Labute approximate surface area is 154 Å². The lowest BCUT2D eigenvalue weighted by Gasteiger charge is -2.03. The van der Waals surface area contributed by atoms with Crippen LogP contribution in [0.1, 0.15) is 12.0 Å². The van der Waals surface area contributed by atoms with Gasteiger partial charge in [0, 0.05) is 17.0 Å². The average Bonchev–Trinajstić information content (AvgIpc) is 3.09. The number of benzene rings is 2. The van der Waals surface area contributed by atoms with Gasteiger partial charge in [-0.3, -0.25) is 4.79 Å². The fraction of sp³-hybridized carbons (Fsp3) is 0.167. The fourth-order valence-electron chi connectivity index (χ4n) is 2.26. The van der Waals surface area contributed by atoms with Crippen LogP contribution in [0.2, 0.25) is 5.02 Å². The number of nitrogens with one attached hydrogen (secondary N) is 1. The zero-order valence-corrected chi connectivity index (χ0v) is 15.1. The number of halogens is 1. The second-order valence-electron chi connectivity index (χ2n) is 5.28. The molecule has 0 fully saturated rings. The van der Waals surface area contributed by atoms with Crippen molar-refractivity contribution in [3.8, 4) is 16.3 Å². The minimum atomic E-state index is -0.114. The van der Waals surface area contributed by atoms with E-state index in [4.69, 9.17) is 16.3 Å². The predicted octanol–water partition coefficient (Wildman–Crippen LogP) is 4.44. The Morgan fingerprint density at radius 3 is 2.64 bits per heavy atom. The topological polar surface area (TPSA) is 64.1 Å². The molecule has 2 aromatic carbocycles. The van der Waals surface area contributed by atoms with Crippen LogP contribution in [-0.4, -0.2) is 23.2 Å². The third-order valence-corrected chi connectivity index (χ3v) is 4.84. The summed E-state index contributed by atoms with van der Waals surface area (Å²) in [5.74, 6) is 0.665. The predicted molar refractivity (Wildman–Crippen MR) is 100 cm³/mol. The Morgan fingerprint density at radius 1 is 1.16 bits per heavy atom. The zero-order chi connectivity index (χ0) is 17.6. The smallest absolute Gasteiger partial charge is 0.226 e. The van der Waals surface area contributed by atoms with Crippen LogP contribution >= 0.6 is 22.9 Å². The van der Waals surface area contributed by atoms with Gasteiger partial charge in [-0.1, -0.05) is 41.1 Å². The van der Waals surface area contributed by atoms with Crippen molar-refractivity contribution in [3.05, 3.63) is 59.1 Å². The first-order valence-electron chi connectivity index (χ1n) is 7.67. The molecule has 0 unspecified atom stereocenters. The van der Waals surface area contributed by atoms with Crippen LogP contribution in [-0.2, 0) is 11.2 Å². The Kier molecular flexibility index (Phi) is 5.63. The van der Waals surface area contributed by atoms with Gasteiger partial charge in [-0.15, -0.1) is 10.2 Å². The van der Waals surface area contributed by atoms with E-state index >= 15 is 0 Å². The van der Waals surface area contributed by atoms with E-state index in [-0.39, 0.29) is 5.91 Å². The van der Waals surface area contributed by atoms with E-state index < -0.39 is 0 Å². The van der Waals surface area contributed by atoms with Crippen LogP contribution in [0.5, 0.6) is 5.75 Å². The van der Waals surface area contributed by atoms with Crippen LogP contribution in [0.15, 0.2) is 48.5 Å². The summed E-state index contributed by atoms with van der Waals surface area (Å²) in [4.78, 5) is 12.1. The van der Waals surface area contributed by atoms with Gasteiger partial charge in [-0.05, 0) is 42.3 Å². The number of rotatable bonds is 6. The highest BCUT2D eigenvalue weighted by Crippen LogP contribution is 2.28. The number of amides is 1. The van der Waals surface area contributed by atoms with Gasteiger partial charge in [0.15, 0.2) is 0 Å². The van der Waals surface area contributed by atoms with Gasteiger partial charge in [-0.25, -0.2) is 0 Å². The molecule has 0 radical (unpaired) electrons. The Hall–Kier alpha value is -2.44. The molecule has 0 saturated carbocycles. The first-order chi connectivity index (χ1) is 12.2. The second kappa shape index (κ2) is 8.09. The molecule has 0 bridgehead atoms. The molecule has 1 aromatic heterocycles. The molecule has 0 aliphatic heterocycles. The highest BCUT2D eigenvalue weighted by molar-refractivity contribution is 7.18. The van der Waals surface area contributed by atoms with E-state index in [2.05, 4.69) is 15.5 Å². The van der Waals surface area contributed by atoms with Gasteiger partial charge in [0.05, 0.1) is 7.11 Å². The molecule has 3 aromatic rings. The lowest BCUT2D eigenvalue weighted by Crippen LogP contribution is -2.12. The second-order valence-corrected chi connectivity index (χ2v) is 6.67. The molecule has 1 amide bonds. The summed E-state index contributed by atoms with van der Waals surface area (Å²) in [6.45, 7) is 0. The van der Waals surface area contributed by atoms with Crippen molar-refractivity contribution in [2.75, 3.05) is 12.4 Å². The first-order valence-corrected chi connectivity index (χ1v) is 8.86. The lowest BCUT2D eigenvalue weighted by molar-refractivity contribution is -0.116. The molecule has 1 heterocycles. The molecule has 0 spiro atoms. The van der Waals surface area contributed by atoms with Crippen LogP contribution in [0.3, 0.4) is 0 Å². The molecular formula is C18H16ClN3O2S. The monoisotopic (exact) mass is 373 g/mol. The highest BCUT2D eigenvalue weighted by atomic mass is 35.5. The van der Waals surface area contributed by atoms with Crippen molar-refractivity contribution in [1.29, 1.82) is 0 Å². The van der Waals surface area contributed by atoms with Gasteiger partial charge < -0.3 is 10.1 Å². The van der Waals surface area contributed by atoms with Crippen molar-refractivity contribution in [2.45, 2.75) is 12.8 Å². The zero-order valence-electron chi connectivity index (χ0n) is 13.5. The molecule has 0 atom stereocenters. The number of hydrogen-bond donors (Lipinski definition) is 1. The molecule has 1 N–H and O–H groups in total. The Balaban J connectivity index is 1.59. The molecular weight excluding hydrogens is 358 g/mol. The van der Waals surface area contributed by atoms with E-state index in [1.54, 1.807) is 7.11 Å². The summed E-state index contributed by atoms with van der Waals surface area (Å²) in [7, 11) is 1.62. The first kappa shape index (κ1) is 17.4. The normalized spacial score (nSPS) is 10.5. The third-order valence-electron chi connectivity index (χ3n) is 3.59. The molecule has 25 heavy (non-hydrogen) atoms. The highest BCUT2D eigenvalue weighted by Gasteiger charge is 2.10. The molecule has 3 rings (SSSR count). The molecule has 5 nitrogen and oxygen atoms in total. The number of carbonyl (C=O) groups excluding carboxylic acids is 1. The van der Waals surface area contributed by atoms with Gasteiger partial charge in [0.1, 0.15) is 10.8 Å². The van der Waals surface area contributed by atoms with Crippen LogP contribution in [0.25, 0.3) is 10.6 Å². The van der Waals surface area contributed by atoms with Crippen LogP contribution < -0.4 is 10.1 Å². The summed E-state index contributed by atoms with van der Waals surface area (Å²) in [6.07, 6.45) is 0.914. The third kappa shape index (κ3) is 4.55. The Bertz CT molecular complexity index is 865. The van der Waals surface area contributed by atoms with Gasteiger partial charge >= 0.3 is 0 Å². The maximum absolute atomic E-state index is 12.1. The van der Waals surface area contributed by atoms with Crippen molar-refractivity contribution >= 4 is 34.0 Å². The van der Waals surface area contributed by atoms with Crippen molar-refractivity contribution in [2.24, 2.45) is 0 Å². The van der Waals surface area contributed by atoms with Crippen LogP contribution in [0.4, 0.5) is 5.13 Å².